The van der Waals surface area contributed by atoms with Crippen LogP contribution in [0.25, 0.3) is 0 Å². The predicted molar refractivity (Wildman–Crippen MR) is 89.3 cm³/mol. The fraction of sp³-hybridized carbons (Fsp3) is 1.00. The Morgan fingerprint density at radius 2 is 1.80 bits per heavy atom. The number of hydrogen-bond acceptors (Lipinski definition) is 3. The first kappa shape index (κ1) is 17.9. The third-order valence-corrected chi connectivity index (χ3v) is 4.86. The first-order chi connectivity index (χ1) is 9.45. The van der Waals surface area contributed by atoms with Crippen molar-refractivity contribution >= 4 is 0 Å². The van der Waals surface area contributed by atoms with Crippen LogP contribution in [0, 0.1) is 5.92 Å². The second kappa shape index (κ2) is 9.01. The van der Waals surface area contributed by atoms with Gasteiger partial charge < -0.3 is 10.2 Å². The van der Waals surface area contributed by atoms with E-state index in [2.05, 4.69) is 56.7 Å². The Hall–Kier alpha value is -0.120. The van der Waals surface area contributed by atoms with Gasteiger partial charge in [-0.15, -0.1) is 0 Å². The van der Waals surface area contributed by atoms with E-state index in [1.807, 2.05) is 0 Å². The fourth-order valence-electron chi connectivity index (χ4n) is 3.49. The maximum atomic E-state index is 3.77. The van der Waals surface area contributed by atoms with Gasteiger partial charge in [-0.1, -0.05) is 6.92 Å². The maximum absolute atomic E-state index is 3.77. The molecule has 0 spiro atoms. The Labute approximate surface area is 127 Å². The third-order valence-electron chi connectivity index (χ3n) is 4.86. The van der Waals surface area contributed by atoms with E-state index in [0.29, 0.717) is 18.1 Å². The van der Waals surface area contributed by atoms with Crippen LogP contribution in [0.4, 0.5) is 0 Å². The highest BCUT2D eigenvalue weighted by Gasteiger charge is 2.23. The van der Waals surface area contributed by atoms with Crippen LogP contribution < -0.4 is 5.32 Å². The Morgan fingerprint density at radius 1 is 1.15 bits per heavy atom. The molecule has 0 aliphatic carbocycles. The zero-order valence-electron chi connectivity index (χ0n) is 14.7. The lowest BCUT2D eigenvalue weighted by Gasteiger charge is -2.36. The fourth-order valence-corrected chi connectivity index (χ4v) is 3.49. The van der Waals surface area contributed by atoms with Crippen molar-refractivity contribution in [3.63, 3.8) is 0 Å². The number of likely N-dealkylation sites (tertiary alicyclic amines) is 1. The summed E-state index contributed by atoms with van der Waals surface area (Å²) in [6, 6.07) is 1.92. The van der Waals surface area contributed by atoms with Crippen molar-refractivity contribution in [2.75, 3.05) is 32.7 Å². The van der Waals surface area contributed by atoms with Crippen molar-refractivity contribution in [3.8, 4) is 0 Å². The van der Waals surface area contributed by atoms with E-state index >= 15 is 0 Å². The van der Waals surface area contributed by atoms with Crippen LogP contribution in [0.15, 0.2) is 0 Å². The molecule has 0 amide bonds. The first-order valence-corrected chi connectivity index (χ1v) is 8.67. The van der Waals surface area contributed by atoms with Crippen molar-refractivity contribution < 1.29 is 0 Å². The highest BCUT2D eigenvalue weighted by Crippen LogP contribution is 2.19. The van der Waals surface area contributed by atoms with Crippen molar-refractivity contribution in [2.24, 2.45) is 5.92 Å². The van der Waals surface area contributed by atoms with Gasteiger partial charge in [-0.25, -0.2) is 0 Å². The Bertz CT molecular complexity index is 245. The van der Waals surface area contributed by atoms with Crippen LogP contribution in [0.5, 0.6) is 0 Å². The van der Waals surface area contributed by atoms with Gasteiger partial charge in [0.2, 0.25) is 0 Å². The molecule has 120 valence electrons. The first-order valence-electron chi connectivity index (χ1n) is 8.67. The molecule has 2 atom stereocenters. The lowest BCUT2D eigenvalue weighted by atomic mass is 9.91. The molecule has 3 heteroatoms. The third kappa shape index (κ3) is 5.71. The lowest BCUT2D eigenvalue weighted by Crippen LogP contribution is -2.47. The summed E-state index contributed by atoms with van der Waals surface area (Å²) in [4.78, 5) is 5.17. The SMILES string of the molecule is CCN1CCCC(C(C)NCCN(C(C)C)C(C)C)C1. The lowest BCUT2D eigenvalue weighted by molar-refractivity contribution is 0.146. The van der Waals surface area contributed by atoms with Crippen LogP contribution in [-0.2, 0) is 0 Å². The largest absolute Gasteiger partial charge is 0.313 e. The summed E-state index contributed by atoms with van der Waals surface area (Å²) < 4.78 is 0. The van der Waals surface area contributed by atoms with Crippen LogP contribution in [-0.4, -0.2) is 60.6 Å². The molecule has 1 aliphatic rings. The molecule has 0 bridgehead atoms. The molecule has 1 fully saturated rings. The topological polar surface area (TPSA) is 18.5 Å². The van der Waals surface area contributed by atoms with E-state index in [9.17, 15) is 0 Å². The zero-order valence-corrected chi connectivity index (χ0v) is 14.7. The standard InChI is InChI=1S/C17H37N3/c1-7-19-11-8-9-17(13-19)16(6)18-10-12-20(14(2)3)15(4)5/h14-18H,7-13H2,1-6H3. The number of nitrogens with one attached hydrogen (secondary N) is 1. The van der Waals surface area contributed by atoms with E-state index < -0.39 is 0 Å². The van der Waals surface area contributed by atoms with Crippen LogP contribution in [0.1, 0.15) is 54.4 Å². The smallest absolute Gasteiger partial charge is 0.0112 e. The van der Waals surface area contributed by atoms with Gasteiger partial charge in [0.1, 0.15) is 0 Å². The van der Waals surface area contributed by atoms with E-state index in [1.54, 1.807) is 0 Å². The molecule has 1 saturated heterocycles. The van der Waals surface area contributed by atoms with Gasteiger partial charge in [0.25, 0.3) is 0 Å². The molecule has 20 heavy (non-hydrogen) atoms. The van der Waals surface area contributed by atoms with Gasteiger partial charge in [0.05, 0.1) is 0 Å². The molecular weight excluding hydrogens is 246 g/mol. The highest BCUT2D eigenvalue weighted by molar-refractivity contribution is 4.80. The van der Waals surface area contributed by atoms with Gasteiger partial charge >= 0.3 is 0 Å². The molecule has 1 heterocycles. The average Bonchev–Trinajstić information content (AvgIpc) is 2.42. The molecule has 1 aliphatic heterocycles. The summed E-state index contributed by atoms with van der Waals surface area (Å²) in [6.45, 7) is 19.9. The van der Waals surface area contributed by atoms with Crippen LogP contribution in [0.3, 0.4) is 0 Å². The van der Waals surface area contributed by atoms with Crippen molar-refractivity contribution in [1.29, 1.82) is 0 Å². The summed E-state index contributed by atoms with van der Waals surface area (Å²) >= 11 is 0. The van der Waals surface area contributed by atoms with Gasteiger partial charge in [0, 0.05) is 37.8 Å². The summed E-state index contributed by atoms with van der Waals surface area (Å²) in [7, 11) is 0. The maximum Gasteiger partial charge on any atom is 0.0112 e. The molecule has 1 rings (SSSR count). The van der Waals surface area contributed by atoms with Gasteiger partial charge in [-0.05, 0) is 66.5 Å². The van der Waals surface area contributed by atoms with Crippen molar-refractivity contribution in [1.82, 2.24) is 15.1 Å². The Morgan fingerprint density at radius 3 is 2.35 bits per heavy atom. The van der Waals surface area contributed by atoms with Crippen LogP contribution >= 0.6 is 0 Å². The molecule has 0 radical (unpaired) electrons. The number of nitrogens with zero attached hydrogens (tertiary/aromatic N) is 2. The van der Waals surface area contributed by atoms with Gasteiger partial charge in [-0.3, -0.25) is 4.90 Å². The Balaban J connectivity index is 2.30. The van der Waals surface area contributed by atoms with Crippen LogP contribution in [0.2, 0.25) is 0 Å². The predicted octanol–water partition coefficient (Wildman–Crippen LogP) is 2.82. The molecule has 0 aromatic carbocycles. The second-order valence-corrected chi connectivity index (χ2v) is 6.96. The van der Waals surface area contributed by atoms with Crippen molar-refractivity contribution in [3.05, 3.63) is 0 Å². The minimum absolute atomic E-state index is 0.636. The summed E-state index contributed by atoms with van der Waals surface area (Å²) in [5.74, 6) is 0.829. The van der Waals surface area contributed by atoms with E-state index in [4.69, 9.17) is 0 Å². The monoisotopic (exact) mass is 283 g/mol. The summed E-state index contributed by atoms with van der Waals surface area (Å²) in [6.07, 6.45) is 2.76. The summed E-state index contributed by atoms with van der Waals surface area (Å²) in [5.41, 5.74) is 0. The second-order valence-electron chi connectivity index (χ2n) is 6.96. The molecular formula is C17H37N3. The summed E-state index contributed by atoms with van der Waals surface area (Å²) in [5, 5.41) is 3.77. The molecule has 0 saturated carbocycles. The minimum Gasteiger partial charge on any atom is -0.313 e. The van der Waals surface area contributed by atoms with Gasteiger partial charge in [0.15, 0.2) is 0 Å². The molecule has 0 aromatic rings. The average molecular weight is 284 g/mol. The number of rotatable bonds is 8. The van der Waals surface area contributed by atoms with Crippen molar-refractivity contribution in [2.45, 2.75) is 72.5 Å². The van der Waals surface area contributed by atoms with Gasteiger partial charge in [-0.2, -0.15) is 0 Å². The molecule has 2 unspecified atom stereocenters. The molecule has 1 N–H and O–H groups in total. The molecule has 3 nitrogen and oxygen atoms in total. The molecule has 0 aromatic heterocycles. The Kier molecular flexibility index (Phi) is 8.08. The quantitative estimate of drug-likeness (QED) is 0.739. The highest BCUT2D eigenvalue weighted by atomic mass is 15.2. The number of hydrogen-bond donors (Lipinski definition) is 1. The van der Waals surface area contributed by atoms with E-state index in [-0.39, 0.29) is 0 Å². The minimum atomic E-state index is 0.636. The zero-order chi connectivity index (χ0) is 15.1. The number of piperidine rings is 1. The van der Waals surface area contributed by atoms with E-state index in [1.165, 1.54) is 32.5 Å². The van der Waals surface area contributed by atoms with E-state index in [0.717, 1.165) is 19.0 Å². The normalized spacial score (nSPS) is 22.9.